The van der Waals surface area contributed by atoms with Gasteiger partial charge in [0.1, 0.15) is 6.04 Å². The molecule has 0 aromatic carbocycles. The van der Waals surface area contributed by atoms with Crippen molar-refractivity contribution >= 4 is 17.7 Å². The van der Waals surface area contributed by atoms with Gasteiger partial charge in [-0.2, -0.15) is 11.8 Å². The number of carboxylic acids is 1. The summed E-state index contributed by atoms with van der Waals surface area (Å²) in [6.45, 7) is 1.91. The van der Waals surface area contributed by atoms with E-state index in [0.29, 0.717) is 17.7 Å². The minimum atomic E-state index is -0.723. The Hall–Kier alpha value is -0.220. The van der Waals surface area contributed by atoms with Crippen LogP contribution in [0.5, 0.6) is 0 Å². The van der Waals surface area contributed by atoms with Gasteiger partial charge in [-0.1, -0.05) is 13.3 Å². The number of hydrogen-bond donors (Lipinski definition) is 2. The van der Waals surface area contributed by atoms with Crippen molar-refractivity contribution in [2.24, 2.45) is 0 Å². The van der Waals surface area contributed by atoms with E-state index in [1.165, 1.54) is 12.8 Å². The second kappa shape index (κ2) is 5.61. The van der Waals surface area contributed by atoms with E-state index in [-0.39, 0.29) is 6.04 Å². The van der Waals surface area contributed by atoms with E-state index in [9.17, 15) is 4.79 Å². The Morgan fingerprint density at radius 1 is 1.64 bits per heavy atom. The number of hydrogen-bond acceptors (Lipinski definition) is 3. The lowest BCUT2D eigenvalue weighted by Gasteiger charge is -2.23. The largest absolute Gasteiger partial charge is 0.480 e. The molecule has 0 heterocycles. The molecule has 0 aromatic heterocycles. The van der Waals surface area contributed by atoms with Gasteiger partial charge in [-0.3, -0.25) is 4.79 Å². The van der Waals surface area contributed by atoms with Gasteiger partial charge in [-0.25, -0.2) is 0 Å². The SMILES string of the molecule is CCC(NC1CCCC1SC)C(=O)O. The van der Waals surface area contributed by atoms with Crippen LogP contribution in [0.25, 0.3) is 0 Å². The van der Waals surface area contributed by atoms with Crippen molar-refractivity contribution in [1.82, 2.24) is 5.32 Å². The van der Waals surface area contributed by atoms with Gasteiger partial charge in [0.05, 0.1) is 0 Å². The number of nitrogens with one attached hydrogen (secondary N) is 1. The number of thioether (sulfide) groups is 1. The monoisotopic (exact) mass is 217 g/mol. The van der Waals surface area contributed by atoms with Crippen LogP contribution in [0.3, 0.4) is 0 Å². The third kappa shape index (κ3) is 2.89. The van der Waals surface area contributed by atoms with Crippen LogP contribution in [-0.2, 0) is 4.79 Å². The first-order valence-corrected chi connectivity index (χ1v) is 6.49. The zero-order valence-electron chi connectivity index (χ0n) is 8.82. The molecule has 0 bridgehead atoms. The summed E-state index contributed by atoms with van der Waals surface area (Å²) in [6.07, 6.45) is 6.32. The summed E-state index contributed by atoms with van der Waals surface area (Å²) in [5.74, 6) is -0.723. The second-order valence-electron chi connectivity index (χ2n) is 3.78. The summed E-state index contributed by atoms with van der Waals surface area (Å²) in [5.41, 5.74) is 0. The van der Waals surface area contributed by atoms with Gasteiger partial charge in [-0.15, -0.1) is 0 Å². The lowest BCUT2D eigenvalue weighted by molar-refractivity contribution is -0.139. The molecule has 1 saturated carbocycles. The minimum absolute atomic E-state index is 0.368. The molecule has 1 aliphatic rings. The first-order valence-electron chi connectivity index (χ1n) is 5.20. The van der Waals surface area contributed by atoms with Crippen LogP contribution in [0.1, 0.15) is 32.6 Å². The molecular formula is C10H19NO2S. The van der Waals surface area contributed by atoms with Gasteiger partial charge in [0.2, 0.25) is 0 Å². The van der Waals surface area contributed by atoms with Crippen LogP contribution in [0, 0.1) is 0 Å². The Bertz CT molecular complexity index is 199. The van der Waals surface area contributed by atoms with Crippen LogP contribution >= 0.6 is 11.8 Å². The number of aliphatic carboxylic acids is 1. The van der Waals surface area contributed by atoms with Gasteiger partial charge in [-0.05, 0) is 25.5 Å². The van der Waals surface area contributed by atoms with Crippen LogP contribution in [0.15, 0.2) is 0 Å². The Balaban J connectivity index is 2.45. The summed E-state index contributed by atoms with van der Waals surface area (Å²) >= 11 is 1.85. The molecule has 0 aliphatic heterocycles. The van der Waals surface area contributed by atoms with Crippen molar-refractivity contribution in [2.45, 2.75) is 49.9 Å². The molecule has 82 valence electrons. The molecule has 0 aromatic rings. The van der Waals surface area contributed by atoms with E-state index in [0.717, 1.165) is 6.42 Å². The minimum Gasteiger partial charge on any atom is -0.480 e. The molecule has 0 radical (unpaired) electrons. The molecule has 14 heavy (non-hydrogen) atoms. The Kier molecular flexibility index (Phi) is 4.75. The highest BCUT2D eigenvalue weighted by Crippen LogP contribution is 2.28. The van der Waals surface area contributed by atoms with Crippen molar-refractivity contribution in [3.8, 4) is 0 Å². The lowest BCUT2D eigenvalue weighted by Crippen LogP contribution is -2.45. The maximum Gasteiger partial charge on any atom is 0.320 e. The van der Waals surface area contributed by atoms with E-state index >= 15 is 0 Å². The van der Waals surface area contributed by atoms with E-state index in [4.69, 9.17) is 5.11 Å². The van der Waals surface area contributed by atoms with Crippen LogP contribution in [0.2, 0.25) is 0 Å². The van der Waals surface area contributed by atoms with Gasteiger partial charge >= 0.3 is 5.97 Å². The van der Waals surface area contributed by atoms with Crippen molar-refractivity contribution in [3.05, 3.63) is 0 Å². The third-order valence-electron chi connectivity index (χ3n) is 2.88. The number of carboxylic acid groups (broad SMARTS) is 1. The Morgan fingerprint density at radius 2 is 2.36 bits per heavy atom. The highest BCUT2D eigenvalue weighted by molar-refractivity contribution is 7.99. The molecule has 3 atom stereocenters. The standard InChI is InChI=1S/C10H19NO2S/c1-3-7(10(12)13)11-8-5-4-6-9(8)14-2/h7-9,11H,3-6H2,1-2H3,(H,12,13). The number of rotatable bonds is 5. The fourth-order valence-corrected chi connectivity index (χ4v) is 2.97. The van der Waals surface area contributed by atoms with Gasteiger partial charge < -0.3 is 10.4 Å². The van der Waals surface area contributed by atoms with Crippen LogP contribution in [0.4, 0.5) is 0 Å². The van der Waals surface area contributed by atoms with Gasteiger partial charge in [0, 0.05) is 11.3 Å². The average Bonchev–Trinajstić information content (AvgIpc) is 2.60. The van der Waals surface area contributed by atoms with Crippen LogP contribution < -0.4 is 5.32 Å². The van der Waals surface area contributed by atoms with Crippen molar-refractivity contribution in [2.75, 3.05) is 6.26 Å². The summed E-state index contributed by atoms with van der Waals surface area (Å²) in [7, 11) is 0. The van der Waals surface area contributed by atoms with Gasteiger partial charge in [0.25, 0.3) is 0 Å². The Labute approximate surface area is 89.6 Å². The molecule has 3 unspecified atom stereocenters. The van der Waals surface area contributed by atoms with E-state index in [1.54, 1.807) is 0 Å². The zero-order chi connectivity index (χ0) is 10.6. The number of carbonyl (C=O) groups is 1. The molecule has 0 spiro atoms. The van der Waals surface area contributed by atoms with E-state index in [1.807, 2.05) is 18.7 Å². The lowest BCUT2D eigenvalue weighted by atomic mass is 10.1. The summed E-state index contributed by atoms with van der Waals surface area (Å²) < 4.78 is 0. The summed E-state index contributed by atoms with van der Waals surface area (Å²) in [4.78, 5) is 10.8. The smallest absolute Gasteiger partial charge is 0.320 e. The van der Waals surface area contributed by atoms with Crippen molar-refractivity contribution < 1.29 is 9.90 Å². The Morgan fingerprint density at radius 3 is 2.86 bits per heavy atom. The summed E-state index contributed by atoms with van der Waals surface area (Å²) in [5, 5.41) is 12.8. The first kappa shape index (κ1) is 11.9. The molecular weight excluding hydrogens is 198 g/mol. The fraction of sp³-hybridized carbons (Fsp3) is 0.900. The zero-order valence-corrected chi connectivity index (χ0v) is 9.64. The molecule has 3 nitrogen and oxygen atoms in total. The molecule has 0 amide bonds. The normalized spacial score (nSPS) is 29.0. The van der Waals surface area contributed by atoms with Crippen molar-refractivity contribution in [3.63, 3.8) is 0 Å². The third-order valence-corrected chi connectivity index (χ3v) is 4.05. The highest BCUT2D eigenvalue weighted by Gasteiger charge is 2.29. The quantitative estimate of drug-likeness (QED) is 0.736. The molecule has 1 rings (SSSR count). The summed E-state index contributed by atoms with van der Waals surface area (Å²) in [6, 6.07) is 0.0267. The first-order chi connectivity index (χ1) is 6.69. The van der Waals surface area contributed by atoms with Crippen molar-refractivity contribution in [1.29, 1.82) is 0 Å². The van der Waals surface area contributed by atoms with E-state index < -0.39 is 5.97 Å². The topological polar surface area (TPSA) is 49.3 Å². The van der Waals surface area contributed by atoms with Gasteiger partial charge in [0.15, 0.2) is 0 Å². The second-order valence-corrected chi connectivity index (χ2v) is 4.85. The maximum atomic E-state index is 10.8. The average molecular weight is 217 g/mol. The van der Waals surface area contributed by atoms with E-state index in [2.05, 4.69) is 11.6 Å². The highest BCUT2D eigenvalue weighted by atomic mass is 32.2. The predicted molar refractivity (Wildman–Crippen MR) is 59.8 cm³/mol. The molecule has 1 fully saturated rings. The predicted octanol–water partition coefficient (Wildman–Crippen LogP) is 1.72. The molecule has 0 saturated heterocycles. The molecule has 1 aliphatic carbocycles. The molecule has 4 heteroatoms. The molecule has 2 N–H and O–H groups in total. The van der Waals surface area contributed by atoms with Crippen LogP contribution in [-0.4, -0.2) is 34.7 Å². The fourth-order valence-electron chi connectivity index (χ4n) is 2.02. The maximum absolute atomic E-state index is 10.8.